The Kier molecular flexibility index (Phi) is 7.41. The fourth-order valence-corrected chi connectivity index (χ4v) is 1.08. The molecule has 0 spiro atoms. The van der Waals surface area contributed by atoms with E-state index in [1.165, 1.54) is 6.08 Å². The summed E-state index contributed by atoms with van der Waals surface area (Å²) in [6.45, 7) is 7.03. The third-order valence-electron chi connectivity index (χ3n) is 1.83. The van der Waals surface area contributed by atoms with Gasteiger partial charge < -0.3 is 5.11 Å². The van der Waals surface area contributed by atoms with E-state index in [9.17, 15) is 9.59 Å². The number of carbonyl (C=O) groups excluding carboxylic acids is 1. The summed E-state index contributed by atoms with van der Waals surface area (Å²) in [5.74, 6) is -0.970. The van der Waals surface area contributed by atoms with E-state index in [-0.39, 0.29) is 18.6 Å². The maximum absolute atomic E-state index is 11.6. The highest BCUT2D eigenvalue weighted by molar-refractivity contribution is 5.98. The summed E-state index contributed by atoms with van der Waals surface area (Å²) in [6, 6.07) is 0. The van der Waals surface area contributed by atoms with Crippen molar-refractivity contribution in [3.8, 4) is 0 Å². The van der Waals surface area contributed by atoms with Crippen LogP contribution < -0.4 is 0 Å². The SMILES string of the molecule is C=C/C=C\C(=C/C=C)C(=O)CCCC(=O)O. The second-order valence-electron chi connectivity index (χ2n) is 3.12. The molecule has 0 aliphatic rings. The van der Waals surface area contributed by atoms with Crippen molar-refractivity contribution in [1.82, 2.24) is 0 Å². The molecule has 0 atom stereocenters. The molecule has 0 aliphatic heterocycles. The van der Waals surface area contributed by atoms with Crippen LogP contribution in [-0.2, 0) is 9.59 Å². The topological polar surface area (TPSA) is 54.4 Å². The van der Waals surface area contributed by atoms with E-state index in [1.54, 1.807) is 24.3 Å². The summed E-state index contributed by atoms with van der Waals surface area (Å²) in [4.78, 5) is 21.9. The van der Waals surface area contributed by atoms with Crippen LogP contribution in [0.25, 0.3) is 0 Å². The standard InChI is InChI=1S/C13H16O3/c1-3-5-8-11(7-4-2)12(14)9-6-10-13(15)16/h3-5,7-8H,1-2,6,9-10H2,(H,15,16)/b8-5-,11-7+. The average Bonchev–Trinajstić information content (AvgIpc) is 2.23. The number of Topliss-reactive ketones (excluding diaryl/α,β-unsaturated/α-hetero) is 1. The van der Waals surface area contributed by atoms with Crippen LogP contribution in [0.5, 0.6) is 0 Å². The van der Waals surface area contributed by atoms with Gasteiger partial charge in [-0.2, -0.15) is 0 Å². The molecule has 0 radical (unpaired) electrons. The zero-order valence-corrected chi connectivity index (χ0v) is 9.19. The van der Waals surface area contributed by atoms with Gasteiger partial charge >= 0.3 is 5.97 Å². The van der Waals surface area contributed by atoms with Crippen LogP contribution in [0.3, 0.4) is 0 Å². The van der Waals surface area contributed by atoms with Gasteiger partial charge in [0.05, 0.1) is 0 Å². The normalized spacial score (nSPS) is 11.4. The van der Waals surface area contributed by atoms with Gasteiger partial charge in [-0.15, -0.1) is 0 Å². The van der Waals surface area contributed by atoms with E-state index in [0.717, 1.165) is 0 Å². The fraction of sp³-hybridized carbons (Fsp3) is 0.231. The van der Waals surface area contributed by atoms with Crippen LogP contribution in [0, 0.1) is 0 Å². The molecule has 0 rings (SSSR count). The van der Waals surface area contributed by atoms with E-state index in [0.29, 0.717) is 12.0 Å². The molecule has 0 aromatic carbocycles. The molecule has 0 heterocycles. The molecular weight excluding hydrogens is 204 g/mol. The van der Waals surface area contributed by atoms with E-state index in [2.05, 4.69) is 13.2 Å². The Labute approximate surface area is 95.5 Å². The Morgan fingerprint density at radius 3 is 2.31 bits per heavy atom. The van der Waals surface area contributed by atoms with Crippen LogP contribution in [0.15, 0.2) is 49.1 Å². The maximum atomic E-state index is 11.6. The maximum Gasteiger partial charge on any atom is 0.303 e. The summed E-state index contributed by atoms with van der Waals surface area (Å²) in [6.07, 6.45) is 8.58. The molecule has 3 heteroatoms. The fourth-order valence-electron chi connectivity index (χ4n) is 1.08. The summed E-state index contributed by atoms with van der Waals surface area (Å²) in [5, 5.41) is 8.44. The zero-order valence-electron chi connectivity index (χ0n) is 9.19. The van der Waals surface area contributed by atoms with E-state index < -0.39 is 5.97 Å². The first-order valence-electron chi connectivity index (χ1n) is 4.98. The minimum atomic E-state index is -0.885. The number of aliphatic carboxylic acids is 1. The first kappa shape index (κ1) is 14.1. The van der Waals surface area contributed by atoms with E-state index in [4.69, 9.17) is 5.11 Å². The van der Waals surface area contributed by atoms with Crippen LogP contribution >= 0.6 is 0 Å². The van der Waals surface area contributed by atoms with Gasteiger partial charge in [0.15, 0.2) is 5.78 Å². The Morgan fingerprint density at radius 1 is 1.12 bits per heavy atom. The van der Waals surface area contributed by atoms with E-state index in [1.807, 2.05) is 0 Å². The molecule has 0 bridgehead atoms. The van der Waals surface area contributed by atoms with Gasteiger partial charge in [-0.1, -0.05) is 43.5 Å². The lowest BCUT2D eigenvalue weighted by atomic mass is 10.0. The Morgan fingerprint density at radius 2 is 1.81 bits per heavy atom. The van der Waals surface area contributed by atoms with E-state index >= 15 is 0 Å². The molecule has 1 N–H and O–H groups in total. The summed E-state index contributed by atoms with van der Waals surface area (Å²) >= 11 is 0. The average molecular weight is 220 g/mol. The van der Waals surface area contributed by atoms with Crippen molar-refractivity contribution in [1.29, 1.82) is 0 Å². The summed E-state index contributed by atoms with van der Waals surface area (Å²) in [5.41, 5.74) is 0.514. The predicted octanol–water partition coefficient (Wildman–Crippen LogP) is 2.67. The molecular formula is C13H16O3. The predicted molar refractivity (Wildman–Crippen MR) is 64.1 cm³/mol. The van der Waals surface area contributed by atoms with Gasteiger partial charge in [-0.25, -0.2) is 0 Å². The molecule has 0 fully saturated rings. The third kappa shape index (κ3) is 6.54. The lowest BCUT2D eigenvalue weighted by Crippen LogP contribution is -2.02. The molecule has 0 amide bonds. The van der Waals surface area contributed by atoms with Crippen molar-refractivity contribution in [2.45, 2.75) is 19.3 Å². The smallest absolute Gasteiger partial charge is 0.303 e. The van der Waals surface area contributed by atoms with Gasteiger partial charge in [0, 0.05) is 18.4 Å². The first-order valence-corrected chi connectivity index (χ1v) is 4.98. The van der Waals surface area contributed by atoms with Gasteiger partial charge in [0.1, 0.15) is 0 Å². The quantitative estimate of drug-likeness (QED) is 0.505. The van der Waals surface area contributed by atoms with Crippen molar-refractivity contribution >= 4 is 11.8 Å². The van der Waals surface area contributed by atoms with Crippen molar-refractivity contribution in [3.05, 3.63) is 49.1 Å². The molecule has 0 aromatic heterocycles. The first-order chi connectivity index (χ1) is 7.61. The molecule has 0 saturated heterocycles. The highest BCUT2D eigenvalue weighted by atomic mass is 16.4. The van der Waals surface area contributed by atoms with Gasteiger partial charge in [0.25, 0.3) is 0 Å². The van der Waals surface area contributed by atoms with Crippen molar-refractivity contribution in [2.24, 2.45) is 0 Å². The highest BCUT2D eigenvalue weighted by Crippen LogP contribution is 2.07. The largest absolute Gasteiger partial charge is 0.481 e. The van der Waals surface area contributed by atoms with Crippen LogP contribution in [0.4, 0.5) is 0 Å². The highest BCUT2D eigenvalue weighted by Gasteiger charge is 2.06. The second-order valence-corrected chi connectivity index (χ2v) is 3.12. The number of rotatable bonds is 8. The molecule has 3 nitrogen and oxygen atoms in total. The third-order valence-corrected chi connectivity index (χ3v) is 1.83. The molecule has 0 saturated carbocycles. The molecule has 86 valence electrons. The number of hydrogen-bond acceptors (Lipinski definition) is 2. The number of hydrogen-bond donors (Lipinski definition) is 1. The van der Waals surface area contributed by atoms with Crippen LogP contribution in [-0.4, -0.2) is 16.9 Å². The molecule has 0 aliphatic carbocycles. The molecule has 0 unspecified atom stereocenters. The number of carboxylic acid groups (broad SMARTS) is 1. The zero-order chi connectivity index (χ0) is 12.4. The van der Waals surface area contributed by atoms with Crippen molar-refractivity contribution in [3.63, 3.8) is 0 Å². The number of carbonyl (C=O) groups is 2. The summed E-state index contributed by atoms with van der Waals surface area (Å²) < 4.78 is 0. The Balaban J connectivity index is 4.34. The van der Waals surface area contributed by atoms with Crippen LogP contribution in [0.2, 0.25) is 0 Å². The lowest BCUT2D eigenvalue weighted by molar-refractivity contribution is -0.137. The second kappa shape index (κ2) is 8.41. The van der Waals surface area contributed by atoms with Gasteiger partial charge in [-0.05, 0) is 6.42 Å². The monoisotopic (exact) mass is 220 g/mol. The number of carboxylic acids is 1. The van der Waals surface area contributed by atoms with Gasteiger partial charge in [-0.3, -0.25) is 9.59 Å². The lowest BCUT2D eigenvalue weighted by Gasteiger charge is -1.99. The molecule has 16 heavy (non-hydrogen) atoms. The number of ketones is 1. The van der Waals surface area contributed by atoms with Gasteiger partial charge in [0.2, 0.25) is 0 Å². The summed E-state index contributed by atoms with van der Waals surface area (Å²) in [7, 11) is 0. The van der Waals surface area contributed by atoms with Crippen molar-refractivity contribution in [2.75, 3.05) is 0 Å². The molecule has 0 aromatic rings. The number of allylic oxidation sites excluding steroid dienone is 6. The Bertz CT molecular complexity index is 335. The van der Waals surface area contributed by atoms with Crippen LogP contribution in [0.1, 0.15) is 19.3 Å². The van der Waals surface area contributed by atoms with Crippen molar-refractivity contribution < 1.29 is 14.7 Å². The Hall–Kier alpha value is -1.90. The minimum Gasteiger partial charge on any atom is -0.481 e. The minimum absolute atomic E-state index is 0.0122.